The van der Waals surface area contributed by atoms with Crippen molar-refractivity contribution in [2.45, 2.75) is 26.3 Å². The average Bonchev–Trinajstić information content (AvgIpc) is 3.19. The number of nitrogens with one attached hydrogen (secondary N) is 1. The largest absolute Gasteiger partial charge is 0.299 e. The van der Waals surface area contributed by atoms with Crippen LogP contribution in [0.25, 0.3) is 10.8 Å². The summed E-state index contributed by atoms with van der Waals surface area (Å²) < 4.78 is 1.20. The van der Waals surface area contributed by atoms with Crippen LogP contribution in [0.4, 0.5) is 5.13 Å². The molecule has 8 nitrogen and oxygen atoms in total. The van der Waals surface area contributed by atoms with E-state index in [2.05, 4.69) is 25.6 Å². The summed E-state index contributed by atoms with van der Waals surface area (Å²) in [6, 6.07) is 11.1. The minimum atomic E-state index is -0.374. The molecule has 0 saturated carbocycles. The highest BCUT2D eigenvalue weighted by Crippen LogP contribution is 2.17. The van der Waals surface area contributed by atoms with Crippen LogP contribution >= 0.6 is 11.3 Å². The van der Waals surface area contributed by atoms with Gasteiger partial charge in [-0.15, -0.1) is 10.2 Å². The van der Waals surface area contributed by atoms with Gasteiger partial charge in [0.25, 0.3) is 5.56 Å². The third-order valence-corrected chi connectivity index (χ3v) is 5.33. The molecule has 0 aliphatic heterocycles. The monoisotopic (exact) mass is 406 g/mol. The molecule has 4 rings (SSSR count). The molecular weight excluding hydrogens is 388 g/mol. The Balaban J connectivity index is 1.65. The average molecular weight is 406 g/mol. The number of benzene rings is 1. The Kier molecular flexibility index (Phi) is 5.39. The Morgan fingerprint density at radius 2 is 1.97 bits per heavy atom. The van der Waals surface area contributed by atoms with Crippen molar-refractivity contribution in [2.75, 3.05) is 5.32 Å². The van der Waals surface area contributed by atoms with Crippen LogP contribution in [0.15, 0.2) is 53.6 Å². The number of amides is 1. The third kappa shape index (κ3) is 4.19. The molecule has 1 amide bonds. The number of nitrogens with zero attached hydrogens (tertiary/aromatic N) is 5. The van der Waals surface area contributed by atoms with Crippen LogP contribution in [-0.2, 0) is 24.2 Å². The van der Waals surface area contributed by atoms with E-state index in [0.29, 0.717) is 22.6 Å². The first-order valence-electron chi connectivity index (χ1n) is 9.14. The van der Waals surface area contributed by atoms with Crippen LogP contribution in [0, 0.1) is 0 Å². The summed E-state index contributed by atoms with van der Waals surface area (Å²) in [6.07, 6.45) is 4.72. The summed E-state index contributed by atoms with van der Waals surface area (Å²) in [5.74, 6) is -0.374. The Morgan fingerprint density at radius 1 is 1.14 bits per heavy atom. The van der Waals surface area contributed by atoms with E-state index in [-0.39, 0.29) is 18.0 Å². The molecule has 1 N–H and O–H groups in total. The molecule has 1 aromatic carbocycles. The first kappa shape index (κ1) is 18.9. The zero-order valence-corrected chi connectivity index (χ0v) is 16.5. The molecule has 3 heterocycles. The summed E-state index contributed by atoms with van der Waals surface area (Å²) in [5, 5.41) is 17.6. The van der Waals surface area contributed by atoms with Gasteiger partial charge < -0.3 is 0 Å². The lowest BCUT2D eigenvalue weighted by molar-refractivity contribution is -0.117. The minimum absolute atomic E-state index is 0.204. The van der Waals surface area contributed by atoms with Gasteiger partial charge in [0, 0.05) is 24.2 Å². The highest BCUT2D eigenvalue weighted by Gasteiger charge is 2.14. The van der Waals surface area contributed by atoms with Gasteiger partial charge in [0.1, 0.15) is 11.6 Å². The molecule has 0 spiro atoms. The predicted octanol–water partition coefficient (Wildman–Crippen LogP) is 2.43. The van der Waals surface area contributed by atoms with Gasteiger partial charge in [-0.1, -0.05) is 42.5 Å². The van der Waals surface area contributed by atoms with Crippen molar-refractivity contribution in [1.29, 1.82) is 0 Å². The molecule has 0 saturated heterocycles. The lowest BCUT2D eigenvalue weighted by Crippen LogP contribution is -2.30. The highest BCUT2D eigenvalue weighted by molar-refractivity contribution is 7.15. The number of rotatable bonds is 6. The number of hydrogen-bond acceptors (Lipinski definition) is 7. The maximum absolute atomic E-state index is 12.9. The van der Waals surface area contributed by atoms with E-state index in [1.807, 2.05) is 31.2 Å². The van der Waals surface area contributed by atoms with Gasteiger partial charge in [0.05, 0.1) is 11.1 Å². The van der Waals surface area contributed by atoms with E-state index in [4.69, 9.17) is 0 Å². The van der Waals surface area contributed by atoms with E-state index < -0.39 is 0 Å². The Morgan fingerprint density at radius 3 is 2.69 bits per heavy atom. The van der Waals surface area contributed by atoms with Crippen molar-refractivity contribution in [3.05, 3.63) is 75.4 Å². The fourth-order valence-corrected chi connectivity index (χ4v) is 3.68. The summed E-state index contributed by atoms with van der Waals surface area (Å²) in [5.41, 5.74) is 1.38. The Hall–Kier alpha value is -3.46. The van der Waals surface area contributed by atoms with Crippen LogP contribution in [0.2, 0.25) is 0 Å². The van der Waals surface area contributed by atoms with E-state index in [1.54, 1.807) is 24.5 Å². The zero-order chi connectivity index (χ0) is 20.2. The van der Waals surface area contributed by atoms with Crippen molar-refractivity contribution in [3.8, 4) is 0 Å². The standard InChI is InChI=1S/C20H18N6O2S/c1-2-18-23-24-20(29-18)22-17(27)12-26-19(28)15-8-4-3-7-14(15)16(25-26)10-13-6-5-9-21-11-13/h3-9,11H,2,10,12H2,1H3,(H,22,24,27). The second kappa shape index (κ2) is 8.27. The number of aryl methyl sites for hydroxylation is 1. The fraction of sp³-hybridized carbons (Fsp3) is 0.200. The van der Waals surface area contributed by atoms with E-state index in [0.717, 1.165) is 22.4 Å². The number of hydrogen-bond donors (Lipinski definition) is 1. The molecule has 0 radical (unpaired) electrons. The Bertz CT molecular complexity index is 1220. The van der Waals surface area contributed by atoms with Crippen molar-refractivity contribution in [2.24, 2.45) is 0 Å². The normalized spacial score (nSPS) is 10.9. The van der Waals surface area contributed by atoms with Crippen LogP contribution in [0.3, 0.4) is 0 Å². The maximum Gasteiger partial charge on any atom is 0.275 e. The summed E-state index contributed by atoms with van der Waals surface area (Å²) in [7, 11) is 0. The van der Waals surface area contributed by atoms with E-state index in [1.165, 1.54) is 16.0 Å². The van der Waals surface area contributed by atoms with Crippen molar-refractivity contribution in [1.82, 2.24) is 25.0 Å². The number of aromatic nitrogens is 5. The van der Waals surface area contributed by atoms with Crippen molar-refractivity contribution < 1.29 is 4.79 Å². The van der Waals surface area contributed by atoms with Crippen molar-refractivity contribution >= 4 is 33.1 Å². The molecule has 0 aliphatic rings. The molecule has 29 heavy (non-hydrogen) atoms. The first-order valence-corrected chi connectivity index (χ1v) is 9.95. The third-order valence-electron chi connectivity index (χ3n) is 4.35. The molecule has 3 aromatic heterocycles. The second-order valence-corrected chi connectivity index (χ2v) is 7.46. The van der Waals surface area contributed by atoms with Gasteiger partial charge in [0.15, 0.2) is 0 Å². The zero-order valence-electron chi connectivity index (χ0n) is 15.7. The minimum Gasteiger partial charge on any atom is -0.299 e. The summed E-state index contributed by atoms with van der Waals surface area (Å²) in [6.45, 7) is 1.76. The maximum atomic E-state index is 12.9. The van der Waals surface area contributed by atoms with Gasteiger partial charge in [0.2, 0.25) is 11.0 Å². The molecular formula is C20H18N6O2S. The number of anilines is 1. The quantitative estimate of drug-likeness (QED) is 0.528. The molecule has 0 atom stereocenters. The van der Waals surface area contributed by atoms with Gasteiger partial charge in [-0.3, -0.25) is 19.9 Å². The van der Waals surface area contributed by atoms with Crippen LogP contribution < -0.4 is 10.9 Å². The van der Waals surface area contributed by atoms with E-state index >= 15 is 0 Å². The number of carbonyl (C=O) groups excluding carboxylic acids is 1. The molecule has 0 bridgehead atoms. The number of carbonyl (C=O) groups is 1. The topological polar surface area (TPSA) is 103 Å². The van der Waals surface area contributed by atoms with Crippen LogP contribution in [0.1, 0.15) is 23.2 Å². The van der Waals surface area contributed by atoms with Crippen LogP contribution in [-0.4, -0.2) is 30.9 Å². The molecule has 0 fully saturated rings. The van der Waals surface area contributed by atoms with Gasteiger partial charge in [-0.05, 0) is 24.1 Å². The SMILES string of the molecule is CCc1nnc(NC(=O)Cn2nc(Cc3cccnc3)c3ccccc3c2=O)s1. The lowest BCUT2D eigenvalue weighted by Gasteiger charge is -2.11. The number of fused-ring (bicyclic) bond motifs is 1. The summed E-state index contributed by atoms with van der Waals surface area (Å²) >= 11 is 1.31. The molecule has 9 heteroatoms. The predicted molar refractivity (Wildman–Crippen MR) is 111 cm³/mol. The van der Waals surface area contributed by atoms with Gasteiger partial charge in [-0.25, -0.2) is 4.68 Å². The highest BCUT2D eigenvalue weighted by atomic mass is 32.1. The smallest absolute Gasteiger partial charge is 0.275 e. The number of pyridine rings is 1. The molecule has 146 valence electrons. The lowest BCUT2D eigenvalue weighted by atomic mass is 10.1. The van der Waals surface area contributed by atoms with Gasteiger partial charge in [-0.2, -0.15) is 5.10 Å². The van der Waals surface area contributed by atoms with Crippen LogP contribution in [0.5, 0.6) is 0 Å². The Labute approximate surface area is 170 Å². The first-order chi connectivity index (χ1) is 14.1. The van der Waals surface area contributed by atoms with Gasteiger partial charge >= 0.3 is 0 Å². The molecule has 0 unspecified atom stereocenters. The molecule has 0 aliphatic carbocycles. The van der Waals surface area contributed by atoms with E-state index in [9.17, 15) is 9.59 Å². The van der Waals surface area contributed by atoms with Crippen molar-refractivity contribution in [3.63, 3.8) is 0 Å². The molecule has 4 aromatic rings. The summed E-state index contributed by atoms with van der Waals surface area (Å²) in [4.78, 5) is 29.4. The fourth-order valence-electron chi connectivity index (χ4n) is 2.98. The second-order valence-electron chi connectivity index (χ2n) is 6.40.